The first-order valence-corrected chi connectivity index (χ1v) is 7.54. The first-order chi connectivity index (χ1) is 9.99. The summed E-state index contributed by atoms with van der Waals surface area (Å²) in [4.78, 5) is 22.7. The Morgan fingerprint density at radius 3 is 2.76 bits per heavy atom. The van der Waals surface area contributed by atoms with Crippen LogP contribution in [-0.2, 0) is 11.3 Å². The lowest BCUT2D eigenvalue weighted by atomic mass is 10.1. The van der Waals surface area contributed by atoms with Gasteiger partial charge in [0.25, 0.3) is 5.91 Å². The summed E-state index contributed by atoms with van der Waals surface area (Å²) < 4.78 is 1.95. The average Bonchev–Trinajstić information content (AvgIpc) is 3.15. The van der Waals surface area contributed by atoms with E-state index in [1.165, 1.54) is 0 Å². The molecule has 1 amide bonds. The molecular weight excluding hydrogens is 270 g/mol. The Balaban J connectivity index is 2.00. The summed E-state index contributed by atoms with van der Waals surface area (Å²) in [6, 6.07) is 0. The molecule has 2 rings (SSSR count). The minimum atomic E-state index is -0.840. The third-order valence-electron chi connectivity index (χ3n) is 3.48. The number of carbonyl (C=O) groups excluding carboxylic acids is 1. The van der Waals surface area contributed by atoms with Crippen molar-refractivity contribution in [2.45, 2.75) is 52.0 Å². The standard InChI is InChI=1S/C15H23N3O3/c1-10(2)9-18-14(11-5-6-11)12(8-17-18)15(21)16-7-3-4-13(19)20/h8,10-11H,3-7,9H2,1-2H3,(H,16,21)(H,19,20). The number of rotatable bonds is 8. The van der Waals surface area contributed by atoms with Crippen LogP contribution in [0, 0.1) is 5.92 Å². The molecule has 2 N–H and O–H groups in total. The highest BCUT2D eigenvalue weighted by Crippen LogP contribution is 2.41. The number of aliphatic carboxylic acids is 1. The summed E-state index contributed by atoms with van der Waals surface area (Å²) in [6.45, 7) is 5.46. The van der Waals surface area contributed by atoms with Gasteiger partial charge in [0.1, 0.15) is 0 Å². The van der Waals surface area contributed by atoms with Gasteiger partial charge in [-0.05, 0) is 25.2 Å². The molecule has 116 valence electrons. The molecule has 0 aromatic carbocycles. The fourth-order valence-electron chi connectivity index (χ4n) is 2.39. The van der Waals surface area contributed by atoms with Crippen LogP contribution in [0.3, 0.4) is 0 Å². The van der Waals surface area contributed by atoms with Crippen molar-refractivity contribution in [3.8, 4) is 0 Å². The summed E-state index contributed by atoms with van der Waals surface area (Å²) in [5.74, 6) is -0.0511. The molecular formula is C15H23N3O3. The van der Waals surface area contributed by atoms with E-state index < -0.39 is 5.97 Å². The largest absolute Gasteiger partial charge is 0.481 e. The summed E-state index contributed by atoms with van der Waals surface area (Å²) in [6.07, 6.45) is 4.39. The molecule has 1 aliphatic carbocycles. The van der Waals surface area contributed by atoms with Gasteiger partial charge in [-0.3, -0.25) is 14.3 Å². The second-order valence-electron chi connectivity index (χ2n) is 6.05. The first kappa shape index (κ1) is 15.5. The van der Waals surface area contributed by atoms with Gasteiger partial charge in [-0.25, -0.2) is 0 Å². The van der Waals surface area contributed by atoms with Gasteiger partial charge in [-0.2, -0.15) is 5.10 Å². The molecule has 6 heteroatoms. The van der Waals surface area contributed by atoms with E-state index in [-0.39, 0.29) is 12.3 Å². The molecule has 1 saturated carbocycles. The summed E-state index contributed by atoms with van der Waals surface area (Å²) in [5.41, 5.74) is 1.69. The van der Waals surface area contributed by atoms with Crippen molar-refractivity contribution in [2.24, 2.45) is 5.92 Å². The molecule has 1 aromatic heterocycles. The fraction of sp³-hybridized carbons (Fsp3) is 0.667. The van der Waals surface area contributed by atoms with E-state index >= 15 is 0 Å². The van der Waals surface area contributed by atoms with Crippen LogP contribution < -0.4 is 5.32 Å². The molecule has 1 aliphatic rings. The molecule has 6 nitrogen and oxygen atoms in total. The predicted molar refractivity (Wildman–Crippen MR) is 78.2 cm³/mol. The topological polar surface area (TPSA) is 84.2 Å². The molecule has 0 radical (unpaired) electrons. The van der Waals surface area contributed by atoms with Crippen molar-refractivity contribution in [2.75, 3.05) is 6.54 Å². The van der Waals surface area contributed by atoms with Crippen LogP contribution in [0.1, 0.15) is 61.5 Å². The Hall–Kier alpha value is -1.85. The van der Waals surface area contributed by atoms with E-state index in [0.29, 0.717) is 30.4 Å². The maximum absolute atomic E-state index is 12.2. The van der Waals surface area contributed by atoms with Gasteiger partial charge in [0, 0.05) is 25.4 Å². The molecule has 1 heterocycles. The third-order valence-corrected chi connectivity index (χ3v) is 3.48. The number of nitrogens with zero attached hydrogens (tertiary/aromatic N) is 2. The van der Waals surface area contributed by atoms with E-state index in [4.69, 9.17) is 5.11 Å². The highest BCUT2D eigenvalue weighted by molar-refractivity contribution is 5.95. The first-order valence-electron chi connectivity index (χ1n) is 7.54. The van der Waals surface area contributed by atoms with Gasteiger partial charge in [0.15, 0.2) is 0 Å². The fourth-order valence-corrected chi connectivity index (χ4v) is 2.39. The summed E-state index contributed by atoms with van der Waals surface area (Å²) in [5, 5.41) is 15.7. The van der Waals surface area contributed by atoms with Gasteiger partial charge in [0.05, 0.1) is 17.5 Å². The van der Waals surface area contributed by atoms with Crippen molar-refractivity contribution in [3.63, 3.8) is 0 Å². The van der Waals surface area contributed by atoms with Crippen molar-refractivity contribution in [1.29, 1.82) is 0 Å². The van der Waals surface area contributed by atoms with Crippen molar-refractivity contribution < 1.29 is 14.7 Å². The molecule has 0 aliphatic heterocycles. The van der Waals surface area contributed by atoms with Gasteiger partial charge in [-0.1, -0.05) is 13.8 Å². The van der Waals surface area contributed by atoms with Crippen LogP contribution in [-0.4, -0.2) is 33.3 Å². The van der Waals surface area contributed by atoms with E-state index in [0.717, 1.165) is 25.1 Å². The van der Waals surface area contributed by atoms with Crippen molar-refractivity contribution >= 4 is 11.9 Å². The van der Waals surface area contributed by atoms with E-state index in [1.54, 1.807) is 6.20 Å². The van der Waals surface area contributed by atoms with Gasteiger partial charge >= 0.3 is 5.97 Å². The number of nitrogens with one attached hydrogen (secondary N) is 1. The van der Waals surface area contributed by atoms with Crippen LogP contribution in [0.5, 0.6) is 0 Å². The second-order valence-corrected chi connectivity index (χ2v) is 6.05. The molecule has 0 atom stereocenters. The van der Waals surface area contributed by atoms with E-state index in [2.05, 4.69) is 24.3 Å². The zero-order valence-electron chi connectivity index (χ0n) is 12.6. The lowest BCUT2D eigenvalue weighted by Gasteiger charge is -2.11. The number of carbonyl (C=O) groups is 2. The maximum atomic E-state index is 12.2. The van der Waals surface area contributed by atoms with Crippen LogP contribution in [0.25, 0.3) is 0 Å². The smallest absolute Gasteiger partial charge is 0.303 e. The molecule has 21 heavy (non-hydrogen) atoms. The number of hydrogen-bond acceptors (Lipinski definition) is 3. The minimum absolute atomic E-state index is 0.0718. The van der Waals surface area contributed by atoms with Crippen LogP contribution >= 0.6 is 0 Å². The molecule has 0 saturated heterocycles. The van der Waals surface area contributed by atoms with Gasteiger partial charge in [0.2, 0.25) is 0 Å². The number of carboxylic acid groups (broad SMARTS) is 1. The quantitative estimate of drug-likeness (QED) is 0.718. The number of carboxylic acids is 1. The Labute approximate surface area is 124 Å². The average molecular weight is 293 g/mol. The predicted octanol–water partition coefficient (Wildman–Crippen LogP) is 2.01. The molecule has 0 bridgehead atoms. The highest BCUT2D eigenvalue weighted by atomic mass is 16.4. The lowest BCUT2D eigenvalue weighted by molar-refractivity contribution is -0.137. The summed E-state index contributed by atoms with van der Waals surface area (Å²) >= 11 is 0. The SMILES string of the molecule is CC(C)Cn1ncc(C(=O)NCCCC(=O)O)c1C1CC1. The molecule has 0 unspecified atom stereocenters. The number of aromatic nitrogens is 2. The van der Waals surface area contributed by atoms with Crippen molar-refractivity contribution in [1.82, 2.24) is 15.1 Å². The second kappa shape index (κ2) is 6.74. The molecule has 1 aromatic rings. The van der Waals surface area contributed by atoms with Crippen LogP contribution in [0.4, 0.5) is 0 Å². The third kappa shape index (κ3) is 4.31. The normalized spacial score (nSPS) is 14.4. The van der Waals surface area contributed by atoms with Gasteiger partial charge in [-0.15, -0.1) is 0 Å². The minimum Gasteiger partial charge on any atom is -0.481 e. The maximum Gasteiger partial charge on any atom is 0.303 e. The molecule has 0 spiro atoms. The Morgan fingerprint density at radius 1 is 1.48 bits per heavy atom. The zero-order chi connectivity index (χ0) is 15.4. The zero-order valence-corrected chi connectivity index (χ0v) is 12.6. The van der Waals surface area contributed by atoms with Crippen molar-refractivity contribution in [3.05, 3.63) is 17.5 Å². The van der Waals surface area contributed by atoms with Crippen LogP contribution in [0.2, 0.25) is 0 Å². The highest BCUT2D eigenvalue weighted by Gasteiger charge is 2.32. The Kier molecular flexibility index (Phi) is 4.98. The lowest BCUT2D eigenvalue weighted by Crippen LogP contribution is -2.26. The number of amides is 1. The molecule has 1 fully saturated rings. The summed E-state index contributed by atoms with van der Waals surface area (Å²) in [7, 11) is 0. The van der Waals surface area contributed by atoms with E-state index in [1.807, 2.05) is 4.68 Å². The van der Waals surface area contributed by atoms with E-state index in [9.17, 15) is 9.59 Å². The Bertz CT molecular complexity index is 518. The monoisotopic (exact) mass is 293 g/mol. The Morgan fingerprint density at radius 2 is 2.19 bits per heavy atom. The van der Waals surface area contributed by atoms with Gasteiger partial charge < -0.3 is 10.4 Å². The van der Waals surface area contributed by atoms with Crippen LogP contribution in [0.15, 0.2) is 6.20 Å². The number of hydrogen-bond donors (Lipinski definition) is 2.